The van der Waals surface area contributed by atoms with E-state index in [2.05, 4.69) is 20.5 Å². The Balaban J connectivity index is 1.53. The van der Waals surface area contributed by atoms with Gasteiger partial charge in [0.15, 0.2) is 0 Å². The van der Waals surface area contributed by atoms with Crippen molar-refractivity contribution in [1.82, 2.24) is 15.2 Å². The average molecular weight is 385 g/mol. The van der Waals surface area contributed by atoms with Crippen molar-refractivity contribution in [2.24, 2.45) is 0 Å². The topological polar surface area (TPSA) is 91.2 Å². The molecular formula is C18H16FN5O2S. The Hall–Kier alpha value is -2.91. The maximum absolute atomic E-state index is 13.2. The van der Waals surface area contributed by atoms with Crippen LogP contribution in [-0.4, -0.2) is 38.8 Å². The molecule has 2 N–H and O–H groups in total. The molecule has 1 fully saturated rings. The first-order valence-electron chi connectivity index (χ1n) is 8.34. The second kappa shape index (κ2) is 7.37. The third kappa shape index (κ3) is 3.79. The van der Waals surface area contributed by atoms with Crippen LogP contribution >= 0.6 is 11.3 Å². The van der Waals surface area contributed by atoms with Gasteiger partial charge in [0.25, 0.3) is 5.91 Å². The van der Waals surface area contributed by atoms with Gasteiger partial charge in [-0.05, 0) is 36.2 Å². The van der Waals surface area contributed by atoms with Crippen LogP contribution in [-0.2, 0) is 0 Å². The van der Waals surface area contributed by atoms with Gasteiger partial charge in [-0.25, -0.2) is 9.37 Å². The summed E-state index contributed by atoms with van der Waals surface area (Å²) in [6, 6.07) is 9.56. The molecule has 138 valence electrons. The van der Waals surface area contributed by atoms with E-state index < -0.39 is 6.10 Å². The van der Waals surface area contributed by atoms with Gasteiger partial charge in [0.1, 0.15) is 17.1 Å². The fraction of sp³-hybridized carbons (Fsp3) is 0.222. The van der Waals surface area contributed by atoms with E-state index in [4.69, 9.17) is 0 Å². The fourth-order valence-electron chi connectivity index (χ4n) is 3.16. The second-order valence-corrected chi connectivity index (χ2v) is 7.05. The minimum Gasteiger partial charge on any atom is -0.391 e. The Labute approximate surface area is 158 Å². The Morgan fingerprint density at radius 2 is 2.07 bits per heavy atom. The number of carbonyl (C=O) groups is 1. The van der Waals surface area contributed by atoms with Gasteiger partial charge >= 0.3 is 0 Å². The summed E-state index contributed by atoms with van der Waals surface area (Å²) in [4.78, 5) is 18.6. The van der Waals surface area contributed by atoms with Crippen LogP contribution in [0.3, 0.4) is 0 Å². The van der Waals surface area contributed by atoms with Crippen molar-refractivity contribution in [2.75, 3.05) is 16.8 Å². The summed E-state index contributed by atoms with van der Waals surface area (Å²) < 4.78 is 13.2. The summed E-state index contributed by atoms with van der Waals surface area (Å²) in [6.07, 6.45) is 1.52. The first kappa shape index (κ1) is 17.5. The molecule has 3 aromatic rings. The quantitative estimate of drug-likeness (QED) is 0.717. The molecular weight excluding hydrogens is 369 g/mol. The Kier molecular flexibility index (Phi) is 4.78. The molecule has 4 rings (SSSR count). The smallest absolute Gasteiger partial charge is 0.259 e. The number of aliphatic hydroxyl groups is 1. The lowest BCUT2D eigenvalue weighted by Crippen LogP contribution is -2.25. The highest BCUT2D eigenvalue weighted by atomic mass is 32.1. The molecule has 3 heterocycles. The molecule has 2 unspecified atom stereocenters. The number of aromatic nitrogens is 3. The molecule has 0 spiro atoms. The zero-order valence-corrected chi connectivity index (χ0v) is 14.9. The first-order valence-corrected chi connectivity index (χ1v) is 9.22. The summed E-state index contributed by atoms with van der Waals surface area (Å²) in [5.74, 6) is 0.0310. The van der Waals surface area contributed by atoms with E-state index in [1.807, 2.05) is 4.90 Å². The van der Waals surface area contributed by atoms with Crippen LogP contribution in [0.2, 0.25) is 0 Å². The molecule has 2 aromatic heterocycles. The average Bonchev–Trinajstić information content (AvgIpc) is 3.32. The number of hydrogen-bond acceptors (Lipinski definition) is 7. The van der Waals surface area contributed by atoms with Gasteiger partial charge in [0, 0.05) is 12.7 Å². The molecule has 1 aliphatic rings. The number of aliphatic hydroxyl groups excluding tert-OH is 1. The number of anilines is 2. The summed E-state index contributed by atoms with van der Waals surface area (Å²) >= 11 is 1.23. The normalized spacial score (nSPS) is 19.3. The summed E-state index contributed by atoms with van der Waals surface area (Å²) in [6.45, 7) is 0.422. The zero-order chi connectivity index (χ0) is 18.8. The van der Waals surface area contributed by atoms with Gasteiger partial charge in [-0.3, -0.25) is 10.1 Å². The number of nitrogens with zero attached hydrogens (tertiary/aromatic N) is 4. The van der Waals surface area contributed by atoms with Crippen LogP contribution in [0.4, 0.5) is 15.3 Å². The van der Waals surface area contributed by atoms with E-state index in [1.54, 1.807) is 24.3 Å². The lowest BCUT2D eigenvalue weighted by Gasteiger charge is -2.25. The van der Waals surface area contributed by atoms with Crippen LogP contribution in [0.25, 0.3) is 0 Å². The highest BCUT2D eigenvalue weighted by Crippen LogP contribution is 2.35. The highest BCUT2D eigenvalue weighted by Gasteiger charge is 2.33. The second-order valence-electron chi connectivity index (χ2n) is 6.21. The van der Waals surface area contributed by atoms with E-state index in [-0.39, 0.29) is 17.8 Å². The molecule has 1 aromatic carbocycles. The van der Waals surface area contributed by atoms with E-state index in [9.17, 15) is 14.3 Å². The van der Waals surface area contributed by atoms with Gasteiger partial charge in [0.2, 0.25) is 5.13 Å². The highest BCUT2D eigenvalue weighted by molar-refractivity contribution is 7.13. The van der Waals surface area contributed by atoms with Crippen molar-refractivity contribution < 1.29 is 14.3 Å². The minimum atomic E-state index is -0.498. The largest absolute Gasteiger partial charge is 0.391 e. The van der Waals surface area contributed by atoms with Gasteiger partial charge in [-0.1, -0.05) is 23.5 Å². The maximum Gasteiger partial charge on any atom is 0.259 e. The number of carbonyl (C=O) groups excluding carboxylic acids is 1. The van der Waals surface area contributed by atoms with Crippen molar-refractivity contribution in [3.8, 4) is 0 Å². The van der Waals surface area contributed by atoms with Crippen LogP contribution < -0.4 is 10.2 Å². The van der Waals surface area contributed by atoms with Crippen LogP contribution in [0.15, 0.2) is 48.1 Å². The third-order valence-corrected chi connectivity index (χ3v) is 5.03. The van der Waals surface area contributed by atoms with E-state index >= 15 is 0 Å². The molecule has 0 aliphatic carbocycles. The first-order chi connectivity index (χ1) is 13.1. The lowest BCUT2D eigenvalue weighted by atomic mass is 10.0. The number of β-amino-alcohol motifs (C(OH)–C–C–N with tert-alkyl or cyclic N) is 1. The molecule has 1 aliphatic heterocycles. The van der Waals surface area contributed by atoms with Gasteiger partial charge in [-0.2, -0.15) is 0 Å². The molecule has 0 bridgehead atoms. The molecule has 27 heavy (non-hydrogen) atoms. The SMILES string of the molecule is O=C(Nc1nncs1)c1ccc(N2CC(O)CC2c2ccc(F)cc2)nc1. The van der Waals surface area contributed by atoms with Crippen LogP contribution in [0.5, 0.6) is 0 Å². The number of amides is 1. The summed E-state index contributed by atoms with van der Waals surface area (Å²) in [5.41, 5.74) is 2.84. The third-order valence-electron chi connectivity index (χ3n) is 4.42. The molecule has 1 saturated heterocycles. The van der Waals surface area contributed by atoms with Crippen molar-refractivity contribution >= 4 is 28.2 Å². The fourth-order valence-corrected chi connectivity index (χ4v) is 3.60. The monoisotopic (exact) mass is 385 g/mol. The predicted molar refractivity (Wildman–Crippen MR) is 99.2 cm³/mol. The number of benzene rings is 1. The zero-order valence-electron chi connectivity index (χ0n) is 14.1. The van der Waals surface area contributed by atoms with Crippen molar-refractivity contribution in [2.45, 2.75) is 18.6 Å². The van der Waals surface area contributed by atoms with Gasteiger partial charge < -0.3 is 10.0 Å². The standard InChI is InChI=1S/C18H16FN5O2S/c19-13-4-1-11(2-5-13)15-7-14(25)9-24(15)16-6-3-12(8-20-16)17(26)22-18-23-21-10-27-18/h1-6,8,10,14-15,25H,7,9H2,(H,22,23,26). The molecule has 9 heteroatoms. The number of nitrogens with one attached hydrogen (secondary N) is 1. The Bertz CT molecular complexity index is 918. The van der Waals surface area contributed by atoms with E-state index in [1.165, 1.54) is 35.2 Å². The maximum atomic E-state index is 13.2. The summed E-state index contributed by atoms with van der Waals surface area (Å²) in [5, 5.41) is 20.6. The number of hydrogen-bond donors (Lipinski definition) is 2. The number of rotatable bonds is 4. The van der Waals surface area contributed by atoms with E-state index in [0.29, 0.717) is 29.5 Å². The number of pyridine rings is 1. The van der Waals surface area contributed by atoms with E-state index in [0.717, 1.165) is 5.56 Å². The Morgan fingerprint density at radius 1 is 1.26 bits per heavy atom. The summed E-state index contributed by atoms with van der Waals surface area (Å²) in [7, 11) is 0. The van der Waals surface area contributed by atoms with Crippen molar-refractivity contribution in [3.05, 3.63) is 65.0 Å². The molecule has 1 amide bonds. The van der Waals surface area contributed by atoms with Crippen molar-refractivity contribution in [1.29, 1.82) is 0 Å². The predicted octanol–water partition coefficient (Wildman–Crippen LogP) is 2.64. The van der Waals surface area contributed by atoms with Gasteiger partial charge in [0.05, 0.1) is 17.7 Å². The van der Waals surface area contributed by atoms with Crippen LogP contribution in [0, 0.1) is 5.82 Å². The number of halogens is 1. The molecule has 2 atom stereocenters. The minimum absolute atomic E-state index is 0.103. The lowest BCUT2D eigenvalue weighted by molar-refractivity contribution is 0.102. The van der Waals surface area contributed by atoms with Crippen molar-refractivity contribution in [3.63, 3.8) is 0 Å². The molecule has 0 radical (unpaired) electrons. The van der Waals surface area contributed by atoms with Gasteiger partial charge in [-0.15, -0.1) is 10.2 Å². The Morgan fingerprint density at radius 3 is 2.74 bits per heavy atom. The molecule has 7 nitrogen and oxygen atoms in total. The van der Waals surface area contributed by atoms with Crippen LogP contribution in [0.1, 0.15) is 28.4 Å². The molecule has 0 saturated carbocycles.